The average Bonchev–Trinajstić information content (AvgIpc) is 2.41. The minimum atomic E-state index is -0.184. The average molecular weight is 244 g/mol. The molecule has 0 spiro atoms. The highest BCUT2D eigenvalue weighted by molar-refractivity contribution is 5.69. The molecule has 1 aromatic carbocycles. The Morgan fingerprint density at radius 3 is 2.56 bits per heavy atom. The molecule has 0 fully saturated rings. The van der Waals surface area contributed by atoms with Gasteiger partial charge in [0.15, 0.2) is 6.61 Å². The number of ether oxygens (including phenoxy) is 1. The maximum atomic E-state index is 11.1. The van der Waals surface area contributed by atoms with E-state index in [0.29, 0.717) is 6.42 Å². The number of hydrogen-bond acceptors (Lipinski definition) is 2. The summed E-state index contributed by atoms with van der Waals surface area (Å²) in [6.45, 7) is 0.0901. The number of rotatable bonds is 8. The molecule has 0 heterocycles. The molecule has 0 aliphatic heterocycles. The highest BCUT2D eigenvalue weighted by Gasteiger charge is 2.01. The minimum absolute atomic E-state index is 0.0901. The van der Waals surface area contributed by atoms with E-state index >= 15 is 0 Å². The highest BCUT2D eigenvalue weighted by atomic mass is 16.5. The predicted octanol–water partition coefficient (Wildman–Crippen LogP) is 3.36. The zero-order valence-electron chi connectivity index (χ0n) is 10.7. The first kappa shape index (κ1) is 14.3. The predicted molar refractivity (Wildman–Crippen MR) is 73.0 cm³/mol. The second-order valence-electron chi connectivity index (χ2n) is 4.26. The van der Waals surface area contributed by atoms with Crippen molar-refractivity contribution in [3.05, 3.63) is 35.9 Å². The lowest BCUT2D eigenvalue weighted by Gasteiger charge is -2.02. The van der Waals surface area contributed by atoms with Crippen molar-refractivity contribution in [1.82, 2.24) is 0 Å². The number of aryl methyl sites for hydroxylation is 1. The van der Waals surface area contributed by atoms with Crippen LogP contribution in [0.15, 0.2) is 30.3 Å². The van der Waals surface area contributed by atoms with Crippen molar-refractivity contribution in [2.75, 3.05) is 6.61 Å². The molecule has 2 heteroatoms. The van der Waals surface area contributed by atoms with Crippen LogP contribution < -0.4 is 0 Å². The first-order valence-corrected chi connectivity index (χ1v) is 6.46. The molecule has 0 bridgehead atoms. The lowest BCUT2D eigenvalue weighted by molar-refractivity contribution is -0.142. The molecule has 0 unspecified atom stereocenters. The normalized spacial score (nSPS) is 9.72. The number of benzene rings is 1. The van der Waals surface area contributed by atoms with Gasteiger partial charge in [0, 0.05) is 6.42 Å². The Labute approximate surface area is 109 Å². The third-order valence-electron chi connectivity index (χ3n) is 2.76. The molecule has 18 heavy (non-hydrogen) atoms. The largest absolute Gasteiger partial charge is 0.452 e. The number of carbonyl (C=O) groups excluding carboxylic acids is 1. The van der Waals surface area contributed by atoms with E-state index in [4.69, 9.17) is 11.2 Å². The highest BCUT2D eigenvalue weighted by Crippen LogP contribution is 2.09. The SMILES string of the molecule is C#CCOC(=O)CCCCCCc1ccccc1. The number of hydrogen-bond donors (Lipinski definition) is 0. The summed E-state index contributed by atoms with van der Waals surface area (Å²) < 4.78 is 4.79. The van der Waals surface area contributed by atoms with Gasteiger partial charge in [0.05, 0.1) is 0 Å². The topological polar surface area (TPSA) is 26.3 Å². The van der Waals surface area contributed by atoms with Crippen molar-refractivity contribution in [2.24, 2.45) is 0 Å². The molecule has 96 valence electrons. The monoisotopic (exact) mass is 244 g/mol. The first-order valence-electron chi connectivity index (χ1n) is 6.46. The lowest BCUT2D eigenvalue weighted by atomic mass is 10.1. The molecule has 0 aliphatic carbocycles. The van der Waals surface area contributed by atoms with E-state index in [2.05, 4.69) is 30.2 Å². The van der Waals surface area contributed by atoms with Crippen molar-refractivity contribution in [1.29, 1.82) is 0 Å². The number of unbranched alkanes of at least 4 members (excludes halogenated alkanes) is 3. The number of carbonyl (C=O) groups is 1. The zero-order valence-corrected chi connectivity index (χ0v) is 10.7. The van der Waals surface area contributed by atoms with Crippen LogP contribution >= 0.6 is 0 Å². The summed E-state index contributed by atoms with van der Waals surface area (Å²) in [5.41, 5.74) is 1.38. The molecule has 0 saturated carbocycles. The van der Waals surface area contributed by atoms with Gasteiger partial charge in [-0.05, 0) is 24.8 Å². The van der Waals surface area contributed by atoms with Gasteiger partial charge in [-0.15, -0.1) is 6.42 Å². The van der Waals surface area contributed by atoms with Crippen LogP contribution in [0.5, 0.6) is 0 Å². The van der Waals surface area contributed by atoms with Gasteiger partial charge in [0.25, 0.3) is 0 Å². The fraction of sp³-hybridized carbons (Fsp3) is 0.438. The van der Waals surface area contributed by atoms with E-state index in [0.717, 1.165) is 25.7 Å². The fourth-order valence-corrected chi connectivity index (χ4v) is 1.79. The molecule has 1 aromatic rings. The molecule has 0 aromatic heterocycles. The van der Waals surface area contributed by atoms with Crippen LogP contribution in [0, 0.1) is 12.3 Å². The summed E-state index contributed by atoms with van der Waals surface area (Å²) in [7, 11) is 0. The van der Waals surface area contributed by atoms with Gasteiger partial charge >= 0.3 is 5.97 Å². The third-order valence-corrected chi connectivity index (χ3v) is 2.76. The van der Waals surface area contributed by atoms with Crippen LogP contribution in [0.2, 0.25) is 0 Å². The van der Waals surface area contributed by atoms with Crippen LogP contribution in [0.4, 0.5) is 0 Å². The summed E-state index contributed by atoms with van der Waals surface area (Å²) in [6.07, 6.45) is 10.9. The molecule has 0 radical (unpaired) electrons. The van der Waals surface area contributed by atoms with E-state index in [1.807, 2.05) is 6.07 Å². The molecule has 2 nitrogen and oxygen atoms in total. The van der Waals surface area contributed by atoms with Crippen LogP contribution in [0.1, 0.15) is 37.7 Å². The van der Waals surface area contributed by atoms with Gasteiger partial charge in [-0.2, -0.15) is 0 Å². The van der Waals surface area contributed by atoms with Gasteiger partial charge in [0.1, 0.15) is 0 Å². The summed E-state index contributed by atoms with van der Waals surface area (Å²) in [6, 6.07) is 10.5. The van der Waals surface area contributed by atoms with Gasteiger partial charge in [-0.1, -0.05) is 49.1 Å². The van der Waals surface area contributed by atoms with Crippen molar-refractivity contribution in [3.8, 4) is 12.3 Å². The third kappa shape index (κ3) is 6.75. The summed E-state index contributed by atoms with van der Waals surface area (Å²) in [4.78, 5) is 11.1. The summed E-state index contributed by atoms with van der Waals surface area (Å²) in [5.74, 6) is 2.10. The minimum Gasteiger partial charge on any atom is -0.452 e. The quantitative estimate of drug-likeness (QED) is 0.398. The Kier molecular flexibility index (Phi) is 7.39. The Balaban J connectivity index is 1.96. The van der Waals surface area contributed by atoms with Crippen molar-refractivity contribution >= 4 is 5.97 Å². The summed E-state index contributed by atoms with van der Waals surface area (Å²) >= 11 is 0. The standard InChI is InChI=1S/C16H20O2/c1-2-14-18-16(17)13-9-4-3-6-10-15-11-7-5-8-12-15/h1,5,7-8,11-12H,3-4,6,9-10,13-14H2. The summed E-state index contributed by atoms with van der Waals surface area (Å²) in [5, 5.41) is 0. The maximum absolute atomic E-state index is 11.1. The van der Waals surface area contributed by atoms with E-state index < -0.39 is 0 Å². The van der Waals surface area contributed by atoms with E-state index in [1.54, 1.807) is 0 Å². The number of esters is 1. The molecule has 0 aliphatic rings. The van der Waals surface area contributed by atoms with Crippen molar-refractivity contribution in [3.63, 3.8) is 0 Å². The molecule has 0 atom stereocenters. The molecule has 0 N–H and O–H groups in total. The molecule has 1 rings (SSSR count). The molecular weight excluding hydrogens is 224 g/mol. The van der Waals surface area contributed by atoms with E-state index in [-0.39, 0.29) is 12.6 Å². The van der Waals surface area contributed by atoms with Crippen molar-refractivity contribution < 1.29 is 9.53 Å². The molecule has 0 amide bonds. The Morgan fingerprint density at radius 2 is 1.83 bits per heavy atom. The van der Waals surface area contributed by atoms with Crippen molar-refractivity contribution in [2.45, 2.75) is 38.5 Å². The fourth-order valence-electron chi connectivity index (χ4n) is 1.79. The second-order valence-corrected chi connectivity index (χ2v) is 4.26. The van der Waals surface area contributed by atoms with Gasteiger partial charge in [-0.25, -0.2) is 0 Å². The zero-order chi connectivity index (χ0) is 13.1. The van der Waals surface area contributed by atoms with Gasteiger partial charge < -0.3 is 4.74 Å². The van der Waals surface area contributed by atoms with Gasteiger partial charge in [0.2, 0.25) is 0 Å². The van der Waals surface area contributed by atoms with E-state index in [1.165, 1.54) is 12.0 Å². The molecule has 0 saturated heterocycles. The number of terminal acetylenes is 1. The smallest absolute Gasteiger partial charge is 0.306 e. The van der Waals surface area contributed by atoms with Gasteiger partial charge in [-0.3, -0.25) is 4.79 Å². The van der Waals surface area contributed by atoms with E-state index in [9.17, 15) is 4.79 Å². The Morgan fingerprint density at radius 1 is 1.11 bits per heavy atom. The van der Waals surface area contributed by atoms with Crippen LogP contribution in [0.25, 0.3) is 0 Å². The van der Waals surface area contributed by atoms with Crippen LogP contribution in [-0.2, 0) is 16.0 Å². The first-order chi connectivity index (χ1) is 8.83. The Bertz CT molecular complexity index is 376. The Hall–Kier alpha value is -1.75. The second kappa shape index (κ2) is 9.30. The van der Waals surface area contributed by atoms with Crippen LogP contribution in [-0.4, -0.2) is 12.6 Å². The van der Waals surface area contributed by atoms with Crippen LogP contribution in [0.3, 0.4) is 0 Å². The molecular formula is C16H20O2. The lowest BCUT2D eigenvalue weighted by Crippen LogP contribution is -2.04. The maximum Gasteiger partial charge on any atom is 0.306 e.